The molecule has 6 aromatic carbocycles. The predicted octanol–water partition coefficient (Wildman–Crippen LogP) is 11.4. The van der Waals surface area contributed by atoms with Crippen LogP contribution in [0, 0.1) is 13.8 Å². The Labute approximate surface area is 282 Å². The summed E-state index contributed by atoms with van der Waals surface area (Å²) in [6.45, 7) is 4.32. The lowest BCUT2D eigenvalue weighted by Crippen LogP contribution is -2.01. The third kappa shape index (κ3) is 5.87. The van der Waals surface area contributed by atoms with Gasteiger partial charge in [0.2, 0.25) is 0 Å². The molecule has 0 radical (unpaired) electrons. The predicted molar refractivity (Wildman–Crippen MR) is 199 cm³/mol. The number of hydrogen-bond acceptors (Lipinski definition) is 3. The zero-order valence-electron chi connectivity index (χ0n) is 27.2. The zero-order chi connectivity index (χ0) is 32.5. The molecule has 48 heavy (non-hydrogen) atoms. The number of allylic oxidation sites excluding steroid dienone is 1. The van der Waals surface area contributed by atoms with Crippen molar-refractivity contribution in [1.82, 2.24) is 15.0 Å². The van der Waals surface area contributed by atoms with Gasteiger partial charge in [0.1, 0.15) is 0 Å². The number of aromatic nitrogens is 3. The lowest BCUT2D eigenvalue weighted by molar-refractivity contribution is 0.988. The highest BCUT2D eigenvalue weighted by Gasteiger charge is 2.18. The summed E-state index contributed by atoms with van der Waals surface area (Å²) < 4.78 is 0. The van der Waals surface area contributed by atoms with Gasteiger partial charge in [-0.2, -0.15) is 0 Å². The van der Waals surface area contributed by atoms with Crippen LogP contribution in [0.15, 0.2) is 146 Å². The molecule has 0 atom stereocenters. The molecule has 0 fully saturated rings. The Morgan fingerprint density at radius 2 is 0.938 bits per heavy atom. The smallest absolute Gasteiger partial charge is 0.164 e. The summed E-state index contributed by atoms with van der Waals surface area (Å²) in [6.07, 6.45) is 6.64. The lowest BCUT2D eigenvalue weighted by Gasteiger charge is -2.19. The average molecular weight is 618 g/mol. The summed E-state index contributed by atoms with van der Waals surface area (Å²) in [5.41, 5.74) is 15.2. The van der Waals surface area contributed by atoms with E-state index in [1.807, 2.05) is 36.4 Å². The van der Waals surface area contributed by atoms with Gasteiger partial charge in [0, 0.05) is 16.7 Å². The summed E-state index contributed by atoms with van der Waals surface area (Å²) in [4.78, 5) is 15.2. The van der Waals surface area contributed by atoms with Gasteiger partial charge in [-0.05, 0) is 89.4 Å². The Balaban J connectivity index is 1.37. The Kier molecular flexibility index (Phi) is 7.79. The van der Waals surface area contributed by atoms with E-state index in [1.54, 1.807) is 0 Å². The first-order valence-corrected chi connectivity index (χ1v) is 16.6. The Morgan fingerprint density at radius 3 is 1.60 bits per heavy atom. The molecule has 0 spiro atoms. The second-order valence-corrected chi connectivity index (χ2v) is 12.6. The third-order valence-corrected chi connectivity index (χ3v) is 9.04. The van der Waals surface area contributed by atoms with E-state index in [-0.39, 0.29) is 0 Å². The van der Waals surface area contributed by atoms with Crippen LogP contribution in [0.4, 0.5) is 0 Å². The van der Waals surface area contributed by atoms with E-state index in [2.05, 4.69) is 129 Å². The maximum atomic E-state index is 5.11. The standard InChI is InChI=1S/C45H35N3/c1-30-24-31(2)26-35(25-30)36-27-37(40-21-11-12-22-41(40)42-23-13-19-32-14-9-10-20-39(32)42)29-38(28-36)45-47-43(33-15-5-3-6-16-33)46-44(48-45)34-17-7-4-8-18-34/h3-9,11-19,21-29H,10,20H2,1-2H3. The average Bonchev–Trinajstić information content (AvgIpc) is 3.14. The van der Waals surface area contributed by atoms with Crippen LogP contribution in [0.1, 0.15) is 28.7 Å². The summed E-state index contributed by atoms with van der Waals surface area (Å²) in [5.74, 6) is 1.96. The van der Waals surface area contributed by atoms with Crippen LogP contribution in [-0.4, -0.2) is 15.0 Å². The molecule has 8 rings (SSSR count). The van der Waals surface area contributed by atoms with Gasteiger partial charge in [-0.25, -0.2) is 15.0 Å². The first kappa shape index (κ1) is 29.5. The summed E-state index contributed by atoms with van der Waals surface area (Å²) in [6, 6.07) is 49.4. The highest BCUT2D eigenvalue weighted by atomic mass is 15.0. The number of nitrogens with zero attached hydrogens (tertiary/aromatic N) is 3. The molecule has 1 aromatic heterocycles. The molecule has 0 unspecified atom stereocenters. The van der Waals surface area contributed by atoms with Crippen molar-refractivity contribution in [2.24, 2.45) is 0 Å². The maximum Gasteiger partial charge on any atom is 0.164 e. The molecule has 0 amide bonds. The van der Waals surface area contributed by atoms with E-state index in [1.165, 1.54) is 44.5 Å². The van der Waals surface area contributed by atoms with Crippen molar-refractivity contribution in [3.63, 3.8) is 0 Å². The molecule has 230 valence electrons. The molecule has 0 saturated heterocycles. The van der Waals surface area contributed by atoms with Crippen molar-refractivity contribution >= 4 is 6.08 Å². The fraction of sp³-hybridized carbons (Fsp3) is 0.0889. The van der Waals surface area contributed by atoms with E-state index < -0.39 is 0 Å². The van der Waals surface area contributed by atoms with E-state index in [9.17, 15) is 0 Å². The molecular formula is C45H35N3. The molecular weight excluding hydrogens is 583 g/mol. The normalized spacial score (nSPS) is 12.1. The molecule has 0 bridgehead atoms. The van der Waals surface area contributed by atoms with Gasteiger partial charge in [0.25, 0.3) is 0 Å². The zero-order valence-corrected chi connectivity index (χ0v) is 27.2. The molecule has 3 heteroatoms. The van der Waals surface area contributed by atoms with Gasteiger partial charge >= 0.3 is 0 Å². The molecule has 3 nitrogen and oxygen atoms in total. The van der Waals surface area contributed by atoms with E-state index in [4.69, 9.17) is 15.0 Å². The van der Waals surface area contributed by atoms with Gasteiger partial charge in [-0.3, -0.25) is 0 Å². The molecule has 0 saturated carbocycles. The van der Waals surface area contributed by atoms with Gasteiger partial charge in [-0.1, -0.05) is 145 Å². The number of rotatable bonds is 6. The van der Waals surface area contributed by atoms with E-state index >= 15 is 0 Å². The van der Waals surface area contributed by atoms with Crippen molar-refractivity contribution in [2.75, 3.05) is 0 Å². The van der Waals surface area contributed by atoms with Crippen molar-refractivity contribution in [3.8, 4) is 67.5 Å². The van der Waals surface area contributed by atoms with Crippen LogP contribution in [0.2, 0.25) is 0 Å². The second-order valence-electron chi connectivity index (χ2n) is 12.6. The number of hydrogen-bond donors (Lipinski definition) is 0. The fourth-order valence-electron chi connectivity index (χ4n) is 6.86. The van der Waals surface area contributed by atoms with Crippen LogP contribution >= 0.6 is 0 Å². The minimum atomic E-state index is 0.648. The molecule has 1 aliphatic rings. The third-order valence-electron chi connectivity index (χ3n) is 9.04. The Bertz CT molecular complexity index is 2220. The lowest BCUT2D eigenvalue weighted by atomic mass is 9.85. The van der Waals surface area contributed by atoms with Crippen LogP contribution in [0.3, 0.4) is 0 Å². The molecule has 1 aliphatic carbocycles. The van der Waals surface area contributed by atoms with Crippen molar-refractivity contribution in [1.29, 1.82) is 0 Å². The van der Waals surface area contributed by atoms with Crippen molar-refractivity contribution in [3.05, 3.63) is 168 Å². The Hall–Kier alpha value is -5.93. The molecule has 0 aliphatic heterocycles. The Morgan fingerprint density at radius 1 is 0.417 bits per heavy atom. The van der Waals surface area contributed by atoms with Crippen molar-refractivity contribution < 1.29 is 0 Å². The van der Waals surface area contributed by atoms with Gasteiger partial charge < -0.3 is 0 Å². The van der Waals surface area contributed by atoms with Gasteiger partial charge in [0.05, 0.1) is 0 Å². The van der Waals surface area contributed by atoms with Crippen LogP contribution in [0.25, 0.3) is 73.6 Å². The summed E-state index contributed by atoms with van der Waals surface area (Å²) >= 11 is 0. The highest BCUT2D eigenvalue weighted by Crippen LogP contribution is 2.40. The topological polar surface area (TPSA) is 38.7 Å². The van der Waals surface area contributed by atoms with Gasteiger partial charge in [-0.15, -0.1) is 0 Å². The molecule has 1 heterocycles. The number of aryl methyl sites for hydroxylation is 2. The summed E-state index contributed by atoms with van der Waals surface area (Å²) in [5, 5.41) is 0. The first-order chi connectivity index (χ1) is 23.6. The molecule has 7 aromatic rings. The largest absolute Gasteiger partial charge is 0.208 e. The molecule has 0 N–H and O–H groups in total. The maximum absolute atomic E-state index is 5.11. The van der Waals surface area contributed by atoms with Crippen LogP contribution in [0.5, 0.6) is 0 Å². The SMILES string of the molecule is Cc1cc(C)cc(-c2cc(-c3nc(-c4ccccc4)nc(-c4ccccc4)n3)cc(-c3ccccc3-c3cccc4c3CCC=C4)c2)c1. The van der Waals surface area contributed by atoms with E-state index in [0.29, 0.717) is 17.5 Å². The highest BCUT2D eigenvalue weighted by molar-refractivity contribution is 5.90. The van der Waals surface area contributed by atoms with Crippen molar-refractivity contribution in [2.45, 2.75) is 26.7 Å². The minimum Gasteiger partial charge on any atom is -0.208 e. The fourth-order valence-corrected chi connectivity index (χ4v) is 6.86. The van der Waals surface area contributed by atoms with Crippen LogP contribution < -0.4 is 0 Å². The quantitative estimate of drug-likeness (QED) is 0.186. The summed E-state index contributed by atoms with van der Waals surface area (Å²) in [7, 11) is 0. The number of benzene rings is 6. The second kappa shape index (κ2) is 12.7. The number of fused-ring (bicyclic) bond motifs is 1. The van der Waals surface area contributed by atoms with Crippen LogP contribution in [-0.2, 0) is 6.42 Å². The first-order valence-electron chi connectivity index (χ1n) is 16.6. The monoisotopic (exact) mass is 617 g/mol. The van der Waals surface area contributed by atoms with E-state index in [0.717, 1.165) is 40.7 Å². The minimum absolute atomic E-state index is 0.648. The van der Waals surface area contributed by atoms with Gasteiger partial charge in [0.15, 0.2) is 17.5 Å².